The van der Waals surface area contributed by atoms with Gasteiger partial charge in [0.25, 0.3) is 0 Å². The largest absolute Gasteiger partial charge is 0.370 e. The molecule has 0 radical (unpaired) electrons. The molecule has 1 aromatic rings. The lowest BCUT2D eigenvalue weighted by molar-refractivity contribution is -0.118. The highest BCUT2D eigenvalue weighted by atomic mass is 35.5. The zero-order valence-corrected chi connectivity index (χ0v) is 10.9. The quantitative estimate of drug-likeness (QED) is 0.818. The van der Waals surface area contributed by atoms with Crippen molar-refractivity contribution < 1.29 is 4.79 Å². The summed E-state index contributed by atoms with van der Waals surface area (Å²) in [5.74, 6) is -0.243. The van der Waals surface area contributed by atoms with Crippen molar-refractivity contribution in [2.45, 2.75) is 6.42 Å². The third kappa shape index (κ3) is 3.34. The molecule has 0 saturated carbocycles. The van der Waals surface area contributed by atoms with E-state index in [2.05, 4.69) is 14.8 Å². The van der Waals surface area contributed by atoms with Gasteiger partial charge in [-0.15, -0.1) is 0 Å². The number of hydrogen-bond acceptors (Lipinski definition) is 4. The number of aromatic nitrogens is 1. The number of amides is 1. The number of rotatable bonds is 4. The van der Waals surface area contributed by atoms with Crippen LogP contribution in [0.5, 0.6) is 0 Å². The van der Waals surface area contributed by atoms with Gasteiger partial charge >= 0.3 is 0 Å². The number of piperazine rings is 1. The van der Waals surface area contributed by atoms with Gasteiger partial charge in [0.1, 0.15) is 0 Å². The van der Waals surface area contributed by atoms with Crippen molar-refractivity contribution in [1.29, 1.82) is 0 Å². The van der Waals surface area contributed by atoms with Gasteiger partial charge in [-0.1, -0.05) is 11.6 Å². The van der Waals surface area contributed by atoms with Crippen molar-refractivity contribution in [1.82, 2.24) is 9.88 Å². The number of primary amides is 1. The van der Waals surface area contributed by atoms with Crippen LogP contribution in [-0.2, 0) is 4.79 Å². The van der Waals surface area contributed by atoms with Crippen LogP contribution in [0, 0.1) is 0 Å². The van der Waals surface area contributed by atoms with Crippen molar-refractivity contribution in [2.24, 2.45) is 5.73 Å². The van der Waals surface area contributed by atoms with E-state index in [9.17, 15) is 4.79 Å². The summed E-state index contributed by atoms with van der Waals surface area (Å²) in [5, 5.41) is 0.545. The molecule has 98 valence electrons. The molecule has 1 aromatic heterocycles. The first-order valence-corrected chi connectivity index (χ1v) is 6.41. The van der Waals surface area contributed by atoms with Gasteiger partial charge in [-0.3, -0.25) is 9.69 Å². The topological polar surface area (TPSA) is 62.5 Å². The van der Waals surface area contributed by atoms with E-state index >= 15 is 0 Å². The molecule has 1 aliphatic rings. The van der Waals surface area contributed by atoms with E-state index in [1.807, 2.05) is 12.1 Å². The molecule has 0 aromatic carbocycles. The maximum absolute atomic E-state index is 10.7. The SMILES string of the molecule is NC(=O)CCN1CCN(c2cccnc2Cl)CC1. The van der Waals surface area contributed by atoms with Crippen molar-refractivity contribution in [3.63, 3.8) is 0 Å². The molecule has 6 heteroatoms. The standard InChI is InChI=1S/C12H17ClN4O/c13-12-10(2-1-4-15-12)17-8-6-16(7-9-17)5-3-11(14)18/h1-2,4H,3,5-9H2,(H2,14,18). The van der Waals surface area contributed by atoms with Gasteiger partial charge in [0.15, 0.2) is 5.15 Å². The molecule has 0 atom stereocenters. The van der Waals surface area contributed by atoms with E-state index < -0.39 is 0 Å². The minimum Gasteiger partial charge on any atom is -0.370 e. The highest BCUT2D eigenvalue weighted by molar-refractivity contribution is 6.32. The van der Waals surface area contributed by atoms with E-state index in [-0.39, 0.29) is 5.91 Å². The molecule has 0 bridgehead atoms. The van der Waals surface area contributed by atoms with E-state index in [0.717, 1.165) is 38.4 Å². The first-order chi connectivity index (χ1) is 8.66. The molecule has 2 N–H and O–H groups in total. The number of hydrogen-bond donors (Lipinski definition) is 1. The molecule has 18 heavy (non-hydrogen) atoms. The third-order valence-corrected chi connectivity index (χ3v) is 3.42. The maximum atomic E-state index is 10.7. The first kappa shape index (κ1) is 13.1. The number of nitrogens with zero attached hydrogens (tertiary/aromatic N) is 3. The minimum atomic E-state index is -0.243. The summed E-state index contributed by atoms with van der Waals surface area (Å²) in [4.78, 5) is 19.3. The van der Waals surface area contributed by atoms with Crippen molar-refractivity contribution in [3.8, 4) is 0 Å². The third-order valence-electron chi connectivity index (χ3n) is 3.13. The number of carbonyl (C=O) groups excluding carboxylic acids is 1. The molecule has 1 aliphatic heterocycles. The highest BCUT2D eigenvalue weighted by Gasteiger charge is 2.19. The predicted octanol–water partition coefficient (Wildman–Crippen LogP) is 0.732. The highest BCUT2D eigenvalue weighted by Crippen LogP contribution is 2.23. The molecular formula is C12H17ClN4O. The first-order valence-electron chi connectivity index (χ1n) is 6.03. The van der Waals surface area contributed by atoms with Gasteiger partial charge in [-0.2, -0.15) is 0 Å². The number of anilines is 1. The second-order valence-corrected chi connectivity index (χ2v) is 4.72. The fourth-order valence-electron chi connectivity index (χ4n) is 2.09. The van der Waals surface area contributed by atoms with Crippen LogP contribution < -0.4 is 10.6 Å². The van der Waals surface area contributed by atoms with E-state index in [0.29, 0.717) is 11.6 Å². The molecule has 1 amide bonds. The lowest BCUT2D eigenvalue weighted by atomic mass is 10.2. The zero-order chi connectivity index (χ0) is 13.0. The molecule has 1 saturated heterocycles. The minimum absolute atomic E-state index is 0.243. The van der Waals surface area contributed by atoms with Gasteiger partial charge in [0.05, 0.1) is 5.69 Å². The van der Waals surface area contributed by atoms with Crippen LogP contribution in [0.2, 0.25) is 5.15 Å². The van der Waals surface area contributed by atoms with Crippen LogP contribution >= 0.6 is 11.6 Å². The smallest absolute Gasteiger partial charge is 0.218 e. The zero-order valence-electron chi connectivity index (χ0n) is 10.2. The van der Waals surface area contributed by atoms with Crippen LogP contribution in [-0.4, -0.2) is 48.5 Å². The van der Waals surface area contributed by atoms with E-state index in [1.165, 1.54) is 0 Å². The van der Waals surface area contributed by atoms with Crippen LogP contribution in [0.3, 0.4) is 0 Å². The summed E-state index contributed by atoms with van der Waals surface area (Å²) in [5.41, 5.74) is 6.13. The Morgan fingerprint density at radius 3 is 2.72 bits per heavy atom. The average molecular weight is 269 g/mol. The van der Waals surface area contributed by atoms with Crippen LogP contribution in [0.15, 0.2) is 18.3 Å². The Morgan fingerprint density at radius 1 is 1.39 bits per heavy atom. The Balaban J connectivity index is 1.87. The molecule has 2 rings (SSSR count). The van der Waals surface area contributed by atoms with Crippen LogP contribution in [0.4, 0.5) is 5.69 Å². The summed E-state index contributed by atoms with van der Waals surface area (Å²) in [7, 11) is 0. The second kappa shape index (κ2) is 6.02. The number of nitrogens with two attached hydrogens (primary N) is 1. The summed E-state index contributed by atoms with van der Waals surface area (Å²) in [6, 6.07) is 3.87. The van der Waals surface area contributed by atoms with Gasteiger partial charge in [0.2, 0.25) is 5.91 Å². The van der Waals surface area contributed by atoms with Gasteiger partial charge in [0, 0.05) is 45.3 Å². The Bertz CT molecular complexity index is 418. The number of pyridine rings is 1. The fourth-order valence-corrected chi connectivity index (χ4v) is 2.33. The lowest BCUT2D eigenvalue weighted by Gasteiger charge is -2.36. The Kier molecular flexibility index (Phi) is 4.38. The van der Waals surface area contributed by atoms with Crippen molar-refractivity contribution in [2.75, 3.05) is 37.6 Å². The second-order valence-electron chi connectivity index (χ2n) is 4.36. The molecule has 0 spiro atoms. The van der Waals surface area contributed by atoms with Gasteiger partial charge in [-0.05, 0) is 12.1 Å². The summed E-state index contributed by atoms with van der Waals surface area (Å²) >= 11 is 6.07. The predicted molar refractivity (Wildman–Crippen MR) is 71.7 cm³/mol. The van der Waals surface area contributed by atoms with E-state index in [1.54, 1.807) is 6.20 Å². The van der Waals surface area contributed by atoms with Gasteiger partial charge < -0.3 is 10.6 Å². The molecule has 0 aliphatic carbocycles. The lowest BCUT2D eigenvalue weighted by Crippen LogP contribution is -2.47. The van der Waals surface area contributed by atoms with Crippen molar-refractivity contribution >= 4 is 23.2 Å². The maximum Gasteiger partial charge on any atom is 0.218 e. The van der Waals surface area contributed by atoms with E-state index in [4.69, 9.17) is 17.3 Å². The van der Waals surface area contributed by atoms with Gasteiger partial charge in [-0.25, -0.2) is 4.98 Å². The monoisotopic (exact) mass is 268 g/mol. The Labute approximate surface area is 112 Å². The van der Waals surface area contributed by atoms with Crippen molar-refractivity contribution in [3.05, 3.63) is 23.5 Å². The fraction of sp³-hybridized carbons (Fsp3) is 0.500. The summed E-state index contributed by atoms with van der Waals surface area (Å²) in [6.07, 6.45) is 2.11. The molecule has 2 heterocycles. The summed E-state index contributed by atoms with van der Waals surface area (Å²) in [6.45, 7) is 4.36. The molecule has 1 fully saturated rings. The number of halogens is 1. The van der Waals surface area contributed by atoms with Crippen LogP contribution in [0.1, 0.15) is 6.42 Å². The normalized spacial score (nSPS) is 16.8. The summed E-state index contributed by atoms with van der Waals surface area (Å²) < 4.78 is 0. The molecular weight excluding hydrogens is 252 g/mol. The number of carbonyl (C=O) groups is 1. The Morgan fingerprint density at radius 2 is 2.11 bits per heavy atom. The average Bonchev–Trinajstić information content (AvgIpc) is 2.38. The molecule has 5 nitrogen and oxygen atoms in total. The Hall–Kier alpha value is -1.33. The van der Waals surface area contributed by atoms with Crippen LogP contribution in [0.25, 0.3) is 0 Å². The molecule has 0 unspecified atom stereocenters.